The molecule has 0 heterocycles. The molecule has 2 rings (SSSR count). The Morgan fingerprint density at radius 2 is 1.95 bits per heavy atom. The first-order valence-electron chi connectivity index (χ1n) is 6.94. The molecule has 1 saturated carbocycles. The van der Waals surface area contributed by atoms with Crippen LogP contribution in [0, 0.1) is 5.82 Å². The smallest absolute Gasteiger partial charge is 0.240 e. The molecule has 5 nitrogen and oxygen atoms in total. The third-order valence-corrected chi connectivity index (χ3v) is 4.77. The molecule has 7 heteroatoms. The molecule has 0 spiro atoms. The van der Waals surface area contributed by atoms with Crippen LogP contribution in [0.1, 0.15) is 25.7 Å². The quantitative estimate of drug-likeness (QED) is 0.918. The second-order valence-electron chi connectivity index (χ2n) is 5.61. The maximum Gasteiger partial charge on any atom is 0.240 e. The average molecular weight is 316 g/mol. The Kier molecular flexibility index (Phi) is 4.85. The van der Waals surface area contributed by atoms with Gasteiger partial charge in [0.05, 0.1) is 0 Å². The van der Waals surface area contributed by atoms with E-state index in [0.717, 1.165) is 37.8 Å². The molecular formula is C14H21FN2O3S. The van der Waals surface area contributed by atoms with E-state index in [2.05, 4.69) is 4.90 Å². The monoisotopic (exact) mass is 316 g/mol. The van der Waals surface area contributed by atoms with Gasteiger partial charge in [0, 0.05) is 12.1 Å². The minimum atomic E-state index is -4.05. The van der Waals surface area contributed by atoms with E-state index in [-0.39, 0.29) is 12.1 Å². The van der Waals surface area contributed by atoms with E-state index < -0.39 is 20.7 Å². The van der Waals surface area contributed by atoms with E-state index in [9.17, 15) is 12.8 Å². The molecule has 2 N–H and O–H groups in total. The number of hydrogen-bond donors (Lipinski definition) is 1. The predicted octanol–water partition coefficient (Wildman–Crippen LogP) is 1.72. The lowest BCUT2D eigenvalue weighted by atomic mass is 9.91. The van der Waals surface area contributed by atoms with E-state index in [1.807, 2.05) is 14.1 Å². The molecule has 0 saturated heterocycles. The molecule has 1 fully saturated rings. The molecule has 1 aromatic rings. The zero-order valence-corrected chi connectivity index (χ0v) is 13.1. The van der Waals surface area contributed by atoms with Crippen LogP contribution < -0.4 is 9.88 Å². The number of ether oxygens (including phenoxy) is 1. The fourth-order valence-electron chi connectivity index (χ4n) is 2.77. The van der Waals surface area contributed by atoms with E-state index in [4.69, 9.17) is 9.88 Å². The summed E-state index contributed by atoms with van der Waals surface area (Å²) in [5.41, 5.74) is 0. The molecule has 118 valence electrons. The number of primary sulfonamides is 1. The van der Waals surface area contributed by atoms with Crippen LogP contribution in [0.4, 0.5) is 4.39 Å². The summed E-state index contributed by atoms with van der Waals surface area (Å²) < 4.78 is 42.0. The first-order valence-corrected chi connectivity index (χ1v) is 8.49. The number of benzene rings is 1. The summed E-state index contributed by atoms with van der Waals surface area (Å²) in [4.78, 5) is 1.60. The van der Waals surface area contributed by atoms with E-state index in [0.29, 0.717) is 5.75 Å². The van der Waals surface area contributed by atoms with Crippen LogP contribution in [0.25, 0.3) is 0 Å². The van der Waals surface area contributed by atoms with Gasteiger partial charge in [-0.15, -0.1) is 0 Å². The first kappa shape index (κ1) is 16.2. The summed E-state index contributed by atoms with van der Waals surface area (Å²) in [5, 5.41) is 4.94. The lowest BCUT2D eigenvalue weighted by Crippen LogP contribution is -2.44. The van der Waals surface area contributed by atoms with E-state index in [1.54, 1.807) is 0 Å². The minimum absolute atomic E-state index is 0.0199. The number of nitrogens with zero attached hydrogens (tertiary/aromatic N) is 1. The van der Waals surface area contributed by atoms with E-state index in [1.165, 1.54) is 6.07 Å². The van der Waals surface area contributed by atoms with Crippen molar-refractivity contribution in [1.82, 2.24) is 4.90 Å². The van der Waals surface area contributed by atoms with Gasteiger partial charge in [-0.1, -0.05) is 6.42 Å². The van der Waals surface area contributed by atoms with Crippen LogP contribution in [0.3, 0.4) is 0 Å². The van der Waals surface area contributed by atoms with Gasteiger partial charge in [-0.2, -0.15) is 0 Å². The number of halogens is 1. The van der Waals surface area contributed by atoms with Crippen LogP contribution in [-0.4, -0.2) is 39.6 Å². The van der Waals surface area contributed by atoms with Gasteiger partial charge in [0.15, 0.2) is 0 Å². The summed E-state index contributed by atoms with van der Waals surface area (Å²) in [6.45, 7) is 0. The van der Waals surface area contributed by atoms with Gasteiger partial charge in [-0.05, 0) is 45.5 Å². The molecule has 1 aromatic carbocycles. The van der Waals surface area contributed by atoms with Crippen LogP contribution in [-0.2, 0) is 10.0 Å². The molecule has 0 radical (unpaired) electrons. The maximum absolute atomic E-state index is 13.8. The van der Waals surface area contributed by atoms with Gasteiger partial charge in [0.2, 0.25) is 10.0 Å². The van der Waals surface area contributed by atoms with Crippen molar-refractivity contribution >= 4 is 10.0 Å². The number of likely N-dealkylation sites (N-methyl/N-ethyl adjacent to an activating group) is 1. The van der Waals surface area contributed by atoms with Gasteiger partial charge in [-0.3, -0.25) is 0 Å². The predicted molar refractivity (Wildman–Crippen MR) is 78.1 cm³/mol. The normalized spacial score (nSPS) is 23.3. The van der Waals surface area contributed by atoms with Crippen molar-refractivity contribution in [1.29, 1.82) is 0 Å². The number of nitrogens with two attached hydrogens (primary N) is 1. The zero-order chi connectivity index (χ0) is 15.6. The minimum Gasteiger partial charge on any atom is -0.489 e. The van der Waals surface area contributed by atoms with Gasteiger partial charge in [0.1, 0.15) is 22.6 Å². The number of rotatable bonds is 4. The molecule has 0 aliphatic heterocycles. The van der Waals surface area contributed by atoms with E-state index >= 15 is 0 Å². The Morgan fingerprint density at radius 3 is 2.52 bits per heavy atom. The topological polar surface area (TPSA) is 72.6 Å². The van der Waals surface area contributed by atoms with Gasteiger partial charge in [-0.25, -0.2) is 17.9 Å². The number of sulfonamides is 1. The Labute approximate surface area is 124 Å². The standard InChI is InChI=1S/C14H21FN2O3S/c1-17(2)12-5-3-4-6-13(12)20-10-7-8-14(11(15)9-10)21(16,18)19/h7-9,12-13H,3-6H2,1-2H3,(H2,16,18,19)/t12-,13-/m0/s1. The van der Waals surface area contributed by atoms with Crippen molar-refractivity contribution < 1.29 is 17.5 Å². The maximum atomic E-state index is 13.8. The molecule has 21 heavy (non-hydrogen) atoms. The molecule has 0 amide bonds. The second kappa shape index (κ2) is 6.29. The van der Waals surface area contributed by atoms with Gasteiger partial charge in [0.25, 0.3) is 0 Å². The molecule has 2 atom stereocenters. The largest absolute Gasteiger partial charge is 0.489 e. The summed E-state index contributed by atoms with van der Waals surface area (Å²) in [5.74, 6) is -0.550. The number of hydrogen-bond acceptors (Lipinski definition) is 4. The SMILES string of the molecule is CN(C)[C@H]1CCCC[C@@H]1Oc1ccc(S(N)(=O)=O)c(F)c1. The highest BCUT2D eigenvalue weighted by Gasteiger charge is 2.28. The molecule has 1 aliphatic carbocycles. The second-order valence-corrected chi connectivity index (χ2v) is 7.14. The van der Waals surface area contributed by atoms with Crippen LogP contribution in [0.2, 0.25) is 0 Å². The Bertz CT molecular complexity index is 604. The van der Waals surface area contributed by atoms with Crippen molar-refractivity contribution in [2.45, 2.75) is 42.7 Å². The summed E-state index contributed by atoms with van der Waals surface area (Å²) >= 11 is 0. The first-order chi connectivity index (χ1) is 9.79. The summed E-state index contributed by atoms with van der Waals surface area (Å²) in [6.07, 6.45) is 4.15. The fraction of sp³-hybridized carbons (Fsp3) is 0.571. The highest BCUT2D eigenvalue weighted by Crippen LogP contribution is 2.27. The van der Waals surface area contributed by atoms with Crippen molar-refractivity contribution in [3.63, 3.8) is 0 Å². The van der Waals surface area contributed by atoms with Gasteiger partial charge < -0.3 is 9.64 Å². The van der Waals surface area contributed by atoms with Crippen LogP contribution in [0.5, 0.6) is 5.75 Å². The summed E-state index contributed by atoms with van der Waals surface area (Å²) in [7, 11) is -0.0522. The Balaban J connectivity index is 2.18. The Morgan fingerprint density at radius 1 is 1.29 bits per heavy atom. The third kappa shape index (κ3) is 3.93. The molecule has 0 unspecified atom stereocenters. The lowest BCUT2D eigenvalue weighted by molar-refractivity contribution is 0.0620. The van der Waals surface area contributed by atoms with Gasteiger partial charge >= 0.3 is 0 Å². The molecule has 0 bridgehead atoms. The zero-order valence-electron chi connectivity index (χ0n) is 12.3. The van der Waals surface area contributed by atoms with Crippen LogP contribution >= 0.6 is 0 Å². The van der Waals surface area contributed by atoms with Crippen molar-refractivity contribution in [2.75, 3.05) is 14.1 Å². The molecule has 1 aliphatic rings. The van der Waals surface area contributed by atoms with Crippen molar-refractivity contribution in [2.24, 2.45) is 5.14 Å². The third-order valence-electron chi connectivity index (χ3n) is 3.83. The van der Waals surface area contributed by atoms with Crippen molar-refractivity contribution in [3.8, 4) is 5.75 Å². The highest BCUT2D eigenvalue weighted by atomic mass is 32.2. The fourth-order valence-corrected chi connectivity index (χ4v) is 3.35. The summed E-state index contributed by atoms with van der Waals surface area (Å²) in [6, 6.07) is 3.96. The van der Waals surface area contributed by atoms with Crippen LogP contribution in [0.15, 0.2) is 23.1 Å². The Hall–Kier alpha value is -1.18. The molecular weight excluding hydrogens is 295 g/mol. The average Bonchev–Trinajstić information content (AvgIpc) is 2.37. The lowest BCUT2D eigenvalue weighted by Gasteiger charge is -2.36. The molecule has 0 aromatic heterocycles. The highest BCUT2D eigenvalue weighted by molar-refractivity contribution is 7.89. The van der Waals surface area contributed by atoms with Crippen molar-refractivity contribution in [3.05, 3.63) is 24.0 Å².